The molecule has 2 aliphatic heterocycles. The number of aliphatic imine (C=N–C) groups is 1. The molecule has 1 atom stereocenters. The Balaban J connectivity index is 1.51. The van der Waals surface area contributed by atoms with Crippen LogP contribution in [0.4, 0.5) is 14.9 Å². The zero-order valence-corrected chi connectivity index (χ0v) is 19.8. The first-order valence-corrected chi connectivity index (χ1v) is 12.4. The molecular formula is C27H33FN4O2. The van der Waals surface area contributed by atoms with Crippen LogP contribution in [0.1, 0.15) is 50.5 Å². The minimum atomic E-state index is -0.556. The normalized spacial score (nSPS) is 25.2. The van der Waals surface area contributed by atoms with Gasteiger partial charge in [0.2, 0.25) is 0 Å². The lowest BCUT2D eigenvalue weighted by atomic mass is 9.85. The molecule has 1 saturated carbocycles. The number of anilines is 1. The minimum absolute atomic E-state index is 0.133. The molecule has 7 heteroatoms. The molecule has 1 aliphatic carbocycles. The van der Waals surface area contributed by atoms with E-state index in [1.807, 2.05) is 41.3 Å². The second kappa shape index (κ2) is 9.74. The number of amides is 2. The van der Waals surface area contributed by atoms with Crippen LogP contribution in [0.3, 0.4) is 0 Å². The predicted octanol–water partition coefficient (Wildman–Crippen LogP) is 5.13. The molecule has 1 spiro atoms. The number of nitrogens with zero attached hydrogens (tertiary/aromatic N) is 3. The Kier molecular flexibility index (Phi) is 6.55. The van der Waals surface area contributed by atoms with Gasteiger partial charge in [0.15, 0.2) is 0 Å². The molecule has 0 radical (unpaired) electrons. The number of rotatable bonds is 5. The summed E-state index contributed by atoms with van der Waals surface area (Å²) in [5, 5.41) is 3.16. The third-order valence-electron chi connectivity index (χ3n) is 7.36. The number of benzene rings is 2. The standard InChI is InChI=1S/C27H33FN4O2/c1-34-24-10-5-9-23(17-24)32-26(33)30-25(29-22-7-3-2-4-8-22)27(32)15-6-16-31(19-27)18-20-11-13-21(28)14-12-20/h5,9-14,17,22H,2-4,6-8,15-16,18-19H2,1H3,(H,29,30,33). The number of likely N-dealkylation sites (tertiary alicyclic amines) is 1. The average Bonchev–Trinajstić information content (AvgIpc) is 3.11. The van der Waals surface area contributed by atoms with Gasteiger partial charge in [-0.3, -0.25) is 20.1 Å². The number of ether oxygens (including phenoxy) is 1. The molecular weight excluding hydrogens is 431 g/mol. The van der Waals surface area contributed by atoms with E-state index in [4.69, 9.17) is 9.73 Å². The van der Waals surface area contributed by atoms with Gasteiger partial charge in [-0.15, -0.1) is 0 Å². The van der Waals surface area contributed by atoms with Crippen molar-refractivity contribution in [3.8, 4) is 5.75 Å². The molecule has 2 aromatic rings. The van der Waals surface area contributed by atoms with Gasteiger partial charge in [0.25, 0.3) is 0 Å². The number of hydrogen-bond acceptors (Lipinski definition) is 4. The summed E-state index contributed by atoms with van der Waals surface area (Å²) in [7, 11) is 1.64. The number of halogens is 1. The van der Waals surface area contributed by atoms with E-state index in [2.05, 4.69) is 10.2 Å². The van der Waals surface area contributed by atoms with Crippen LogP contribution in [0.5, 0.6) is 5.75 Å². The van der Waals surface area contributed by atoms with Gasteiger partial charge in [-0.25, -0.2) is 9.18 Å². The Bertz CT molecular complexity index is 1050. The Labute approximate surface area is 200 Å². The molecule has 2 aromatic carbocycles. The highest BCUT2D eigenvalue weighted by atomic mass is 19.1. The van der Waals surface area contributed by atoms with Crippen LogP contribution >= 0.6 is 0 Å². The fraction of sp³-hybridized carbons (Fsp3) is 0.481. The summed E-state index contributed by atoms with van der Waals surface area (Å²) in [4.78, 5) is 22.9. The fourth-order valence-electron chi connectivity index (χ4n) is 5.71. The molecule has 3 aliphatic rings. The number of amidine groups is 1. The second-order valence-corrected chi connectivity index (χ2v) is 9.71. The van der Waals surface area contributed by atoms with Gasteiger partial charge in [0.05, 0.1) is 18.8 Å². The largest absolute Gasteiger partial charge is 0.497 e. The van der Waals surface area contributed by atoms with E-state index in [-0.39, 0.29) is 17.9 Å². The quantitative estimate of drug-likeness (QED) is 0.667. The van der Waals surface area contributed by atoms with E-state index in [1.54, 1.807) is 7.11 Å². The Morgan fingerprint density at radius 1 is 1.12 bits per heavy atom. The van der Waals surface area contributed by atoms with Crippen molar-refractivity contribution in [3.05, 3.63) is 59.9 Å². The van der Waals surface area contributed by atoms with Crippen LogP contribution in [-0.4, -0.2) is 48.5 Å². The van der Waals surface area contributed by atoms with Crippen molar-refractivity contribution in [2.24, 2.45) is 4.99 Å². The van der Waals surface area contributed by atoms with Crippen LogP contribution in [0, 0.1) is 5.82 Å². The molecule has 0 aromatic heterocycles. The molecule has 1 N–H and O–H groups in total. The molecule has 1 unspecified atom stereocenters. The first-order chi connectivity index (χ1) is 16.6. The molecule has 2 saturated heterocycles. The monoisotopic (exact) mass is 464 g/mol. The molecule has 5 rings (SSSR count). The predicted molar refractivity (Wildman–Crippen MR) is 132 cm³/mol. The van der Waals surface area contributed by atoms with Gasteiger partial charge in [-0.2, -0.15) is 0 Å². The molecule has 0 bridgehead atoms. The average molecular weight is 465 g/mol. The molecule has 2 heterocycles. The van der Waals surface area contributed by atoms with E-state index in [0.29, 0.717) is 13.1 Å². The van der Waals surface area contributed by atoms with Crippen molar-refractivity contribution in [1.29, 1.82) is 0 Å². The number of carbonyl (C=O) groups is 1. The van der Waals surface area contributed by atoms with Crippen LogP contribution in [0.15, 0.2) is 53.5 Å². The lowest BCUT2D eigenvalue weighted by Gasteiger charge is -2.45. The first-order valence-electron chi connectivity index (χ1n) is 12.4. The van der Waals surface area contributed by atoms with Crippen molar-refractivity contribution in [2.45, 2.75) is 63.1 Å². The van der Waals surface area contributed by atoms with Crippen molar-refractivity contribution in [3.63, 3.8) is 0 Å². The van der Waals surface area contributed by atoms with E-state index in [1.165, 1.54) is 31.4 Å². The third kappa shape index (κ3) is 4.53. The van der Waals surface area contributed by atoms with Gasteiger partial charge in [-0.05, 0) is 62.1 Å². The summed E-state index contributed by atoms with van der Waals surface area (Å²) in [6.07, 6.45) is 7.59. The van der Waals surface area contributed by atoms with Crippen molar-refractivity contribution >= 4 is 17.6 Å². The Morgan fingerprint density at radius 2 is 1.91 bits per heavy atom. The summed E-state index contributed by atoms with van der Waals surface area (Å²) in [6, 6.07) is 14.5. The number of carbonyl (C=O) groups excluding carboxylic acids is 1. The fourth-order valence-corrected chi connectivity index (χ4v) is 5.71. The van der Waals surface area contributed by atoms with Crippen molar-refractivity contribution in [1.82, 2.24) is 10.2 Å². The number of piperidine rings is 1. The van der Waals surface area contributed by atoms with E-state index in [9.17, 15) is 9.18 Å². The molecule has 6 nitrogen and oxygen atoms in total. The van der Waals surface area contributed by atoms with Crippen molar-refractivity contribution < 1.29 is 13.9 Å². The van der Waals surface area contributed by atoms with E-state index in [0.717, 1.165) is 55.1 Å². The topological polar surface area (TPSA) is 57.2 Å². The highest BCUT2D eigenvalue weighted by Gasteiger charge is 2.53. The van der Waals surface area contributed by atoms with Gasteiger partial charge >= 0.3 is 6.03 Å². The summed E-state index contributed by atoms with van der Waals surface area (Å²) >= 11 is 0. The molecule has 3 fully saturated rings. The molecule has 2 amide bonds. The van der Waals surface area contributed by atoms with Gasteiger partial charge in [-0.1, -0.05) is 37.5 Å². The second-order valence-electron chi connectivity index (χ2n) is 9.71. The maximum atomic E-state index is 13.4. The lowest BCUT2D eigenvalue weighted by Crippen LogP contribution is -2.60. The summed E-state index contributed by atoms with van der Waals surface area (Å²) in [6.45, 7) is 2.31. The smallest absolute Gasteiger partial charge is 0.328 e. The molecule has 180 valence electrons. The first kappa shape index (κ1) is 22.8. The highest BCUT2D eigenvalue weighted by molar-refractivity contribution is 6.19. The van der Waals surface area contributed by atoms with Gasteiger partial charge < -0.3 is 4.74 Å². The number of urea groups is 1. The maximum absolute atomic E-state index is 13.4. The van der Waals surface area contributed by atoms with Crippen molar-refractivity contribution in [2.75, 3.05) is 25.1 Å². The third-order valence-corrected chi connectivity index (χ3v) is 7.36. The molecule has 34 heavy (non-hydrogen) atoms. The minimum Gasteiger partial charge on any atom is -0.497 e. The zero-order valence-electron chi connectivity index (χ0n) is 19.8. The van der Waals surface area contributed by atoms with Crippen LogP contribution < -0.4 is 15.0 Å². The zero-order chi connectivity index (χ0) is 23.5. The van der Waals surface area contributed by atoms with Crippen LogP contribution in [0.25, 0.3) is 0 Å². The summed E-state index contributed by atoms with van der Waals surface area (Å²) < 4.78 is 18.9. The van der Waals surface area contributed by atoms with Crippen LogP contribution in [-0.2, 0) is 6.54 Å². The maximum Gasteiger partial charge on any atom is 0.328 e. The lowest BCUT2D eigenvalue weighted by molar-refractivity contribution is 0.176. The summed E-state index contributed by atoms with van der Waals surface area (Å²) in [5.74, 6) is 1.30. The highest BCUT2D eigenvalue weighted by Crippen LogP contribution is 2.39. The van der Waals surface area contributed by atoms with Gasteiger partial charge in [0, 0.05) is 19.2 Å². The van der Waals surface area contributed by atoms with Crippen LogP contribution in [0.2, 0.25) is 0 Å². The Hall–Kier alpha value is -2.93. The van der Waals surface area contributed by atoms with E-state index < -0.39 is 5.54 Å². The van der Waals surface area contributed by atoms with Gasteiger partial charge in [0.1, 0.15) is 22.9 Å². The number of methoxy groups -OCH3 is 1. The van der Waals surface area contributed by atoms with E-state index >= 15 is 0 Å². The number of hydrogen-bond donors (Lipinski definition) is 1. The number of nitrogens with one attached hydrogen (secondary N) is 1. The SMILES string of the molecule is COc1cccc(N2C(=O)NC(=NC3CCCCC3)C23CCCN(Cc2ccc(F)cc2)C3)c1. The summed E-state index contributed by atoms with van der Waals surface area (Å²) in [5.41, 5.74) is 1.32. The Morgan fingerprint density at radius 3 is 2.68 bits per heavy atom.